The van der Waals surface area contributed by atoms with E-state index < -0.39 is 17.6 Å². The number of hydrogen-bond donors (Lipinski definition) is 2. The maximum absolute atomic E-state index is 12.9. The number of aromatic nitrogens is 4. The van der Waals surface area contributed by atoms with Gasteiger partial charge in [0.05, 0.1) is 11.9 Å². The molecule has 0 saturated carbocycles. The minimum Gasteiger partial charge on any atom is -0.437 e. The number of anilines is 1. The first kappa shape index (κ1) is 19.6. The minimum absolute atomic E-state index is 0.0568. The van der Waals surface area contributed by atoms with Crippen LogP contribution in [-0.4, -0.2) is 25.8 Å². The molecule has 0 bridgehead atoms. The Balaban J connectivity index is 1.55. The minimum atomic E-state index is -4.54. The van der Waals surface area contributed by atoms with E-state index in [1.807, 2.05) is 0 Å². The van der Waals surface area contributed by atoms with Gasteiger partial charge in [-0.15, -0.1) is 0 Å². The number of halogens is 4. The Morgan fingerprint density at radius 2 is 1.90 bits per heavy atom. The summed E-state index contributed by atoms with van der Waals surface area (Å²) < 4.78 is 44.3. The van der Waals surface area contributed by atoms with Crippen molar-refractivity contribution < 1.29 is 22.7 Å². The monoisotopic (exact) mass is 433 g/mol. The van der Waals surface area contributed by atoms with Gasteiger partial charge in [0, 0.05) is 17.3 Å². The third-order valence-electron chi connectivity index (χ3n) is 3.98. The number of H-pyrrole nitrogens is 1. The van der Waals surface area contributed by atoms with Gasteiger partial charge in [-0.1, -0.05) is 12.1 Å². The molecule has 2 heterocycles. The van der Waals surface area contributed by atoms with Crippen LogP contribution in [0.15, 0.2) is 54.9 Å². The van der Waals surface area contributed by atoms with Crippen LogP contribution in [0.25, 0.3) is 11.2 Å². The van der Waals surface area contributed by atoms with Crippen LogP contribution in [0.5, 0.6) is 11.6 Å². The smallest absolute Gasteiger partial charge is 0.416 e. The van der Waals surface area contributed by atoms with E-state index in [0.717, 1.165) is 12.1 Å². The highest BCUT2D eigenvalue weighted by atomic mass is 35.5. The number of fused-ring (bicyclic) bond motifs is 1. The first-order valence-corrected chi connectivity index (χ1v) is 8.80. The predicted octanol–water partition coefficient (Wildman–Crippen LogP) is 5.07. The first-order valence-electron chi connectivity index (χ1n) is 8.43. The Morgan fingerprint density at radius 3 is 2.70 bits per heavy atom. The van der Waals surface area contributed by atoms with Crippen molar-refractivity contribution in [1.29, 1.82) is 0 Å². The van der Waals surface area contributed by atoms with Crippen molar-refractivity contribution in [2.45, 2.75) is 6.18 Å². The summed E-state index contributed by atoms with van der Waals surface area (Å²) in [6.07, 6.45) is -3.13. The lowest BCUT2D eigenvalue weighted by atomic mass is 10.1. The van der Waals surface area contributed by atoms with Gasteiger partial charge in [0.25, 0.3) is 5.91 Å². The van der Waals surface area contributed by atoms with Gasteiger partial charge in [-0.2, -0.15) is 23.1 Å². The summed E-state index contributed by atoms with van der Waals surface area (Å²) in [5.41, 5.74) is 0.0297. The number of nitrogens with one attached hydrogen (secondary N) is 2. The molecule has 0 aliphatic heterocycles. The molecule has 0 atom stereocenters. The summed E-state index contributed by atoms with van der Waals surface area (Å²) in [7, 11) is 0. The van der Waals surface area contributed by atoms with E-state index in [-0.39, 0.29) is 16.7 Å². The van der Waals surface area contributed by atoms with Gasteiger partial charge >= 0.3 is 6.18 Å². The molecule has 0 spiro atoms. The number of nitrogens with zero attached hydrogens (tertiary/aromatic N) is 3. The van der Waals surface area contributed by atoms with Crippen LogP contribution in [0.3, 0.4) is 0 Å². The molecule has 4 aromatic rings. The Morgan fingerprint density at radius 1 is 1.10 bits per heavy atom. The number of benzene rings is 2. The number of amides is 1. The maximum atomic E-state index is 12.9. The van der Waals surface area contributed by atoms with Gasteiger partial charge in [-0.25, -0.2) is 4.98 Å². The molecule has 0 radical (unpaired) electrons. The highest BCUT2D eigenvalue weighted by Gasteiger charge is 2.30. The number of carbonyl (C=O) groups excluding carboxylic acids is 1. The first-order chi connectivity index (χ1) is 14.3. The molecule has 7 nitrogen and oxygen atoms in total. The zero-order valence-corrected chi connectivity index (χ0v) is 15.6. The number of carbonyl (C=O) groups is 1. The van der Waals surface area contributed by atoms with Crippen LogP contribution in [0, 0.1) is 0 Å². The second-order valence-corrected chi connectivity index (χ2v) is 6.40. The zero-order valence-electron chi connectivity index (χ0n) is 14.9. The molecule has 0 fully saturated rings. The second-order valence-electron chi connectivity index (χ2n) is 6.06. The average molecular weight is 434 g/mol. The molecule has 0 saturated heterocycles. The maximum Gasteiger partial charge on any atom is 0.416 e. The van der Waals surface area contributed by atoms with Crippen molar-refractivity contribution in [2.24, 2.45) is 0 Å². The van der Waals surface area contributed by atoms with Crippen LogP contribution in [0.1, 0.15) is 15.9 Å². The van der Waals surface area contributed by atoms with Crippen molar-refractivity contribution in [1.82, 2.24) is 19.9 Å². The molecular weight excluding hydrogens is 423 g/mol. The largest absolute Gasteiger partial charge is 0.437 e. The molecule has 2 N–H and O–H groups in total. The number of alkyl halides is 3. The highest BCUT2D eigenvalue weighted by Crippen LogP contribution is 2.30. The molecule has 4 rings (SSSR count). The van der Waals surface area contributed by atoms with Crippen LogP contribution in [0.2, 0.25) is 5.28 Å². The Labute approximate surface area is 171 Å². The standard InChI is InChI=1S/C19H11ClF3N5O2/c20-18-27-15-14(24-9-25-15)17(28-18)30-13-6-2-5-12(8-13)26-16(29)10-3-1-4-11(7-10)19(21,22)23/h1-9H,(H,26,29)(H,24,25,27,28). The van der Waals surface area contributed by atoms with Crippen molar-refractivity contribution in [3.8, 4) is 11.6 Å². The summed E-state index contributed by atoms with van der Waals surface area (Å²) >= 11 is 5.87. The second kappa shape index (κ2) is 7.64. The average Bonchev–Trinajstić information content (AvgIpc) is 3.16. The number of aromatic amines is 1. The molecule has 152 valence electrons. The topological polar surface area (TPSA) is 92.8 Å². The lowest BCUT2D eigenvalue weighted by Crippen LogP contribution is -2.13. The highest BCUT2D eigenvalue weighted by molar-refractivity contribution is 6.28. The Hall–Kier alpha value is -3.66. The van der Waals surface area contributed by atoms with E-state index in [4.69, 9.17) is 16.3 Å². The van der Waals surface area contributed by atoms with E-state index in [1.54, 1.807) is 18.2 Å². The Kier molecular flexibility index (Phi) is 5.00. The molecular formula is C19H11ClF3N5O2. The molecule has 0 aliphatic carbocycles. The SMILES string of the molecule is O=C(Nc1cccc(Oc2nc(Cl)nc3nc[nH]c23)c1)c1cccc(C(F)(F)F)c1. The van der Waals surface area contributed by atoms with Gasteiger partial charge in [-0.3, -0.25) is 4.79 Å². The van der Waals surface area contributed by atoms with E-state index in [1.165, 1.54) is 24.5 Å². The summed E-state index contributed by atoms with van der Waals surface area (Å²) in [6, 6.07) is 10.4. The van der Waals surface area contributed by atoms with Crippen molar-refractivity contribution >= 4 is 34.4 Å². The fourth-order valence-electron chi connectivity index (χ4n) is 2.64. The van der Waals surface area contributed by atoms with Crippen LogP contribution in [0.4, 0.5) is 18.9 Å². The lowest BCUT2D eigenvalue weighted by molar-refractivity contribution is -0.137. The van der Waals surface area contributed by atoms with Crippen molar-refractivity contribution in [2.75, 3.05) is 5.32 Å². The molecule has 0 aliphatic rings. The normalized spacial score (nSPS) is 11.5. The van der Waals surface area contributed by atoms with Gasteiger partial charge in [0.1, 0.15) is 11.3 Å². The summed E-state index contributed by atoms with van der Waals surface area (Å²) in [5, 5.41) is 2.48. The van der Waals surface area contributed by atoms with Gasteiger partial charge in [0.2, 0.25) is 11.2 Å². The van der Waals surface area contributed by atoms with Gasteiger partial charge in [0.15, 0.2) is 5.65 Å². The molecule has 30 heavy (non-hydrogen) atoms. The number of ether oxygens (including phenoxy) is 1. The Bertz CT molecular complexity index is 1240. The lowest BCUT2D eigenvalue weighted by Gasteiger charge is -2.10. The van der Waals surface area contributed by atoms with Crippen LogP contribution < -0.4 is 10.1 Å². The molecule has 0 unspecified atom stereocenters. The number of imidazole rings is 1. The molecule has 1 amide bonds. The third kappa shape index (κ3) is 4.18. The summed E-state index contributed by atoms with van der Waals surface area (Å²) in [4.78, 5) is 27.2. The quantitative estimate of drug-likeness (QED) is 0.438. The third-order valence-corrected chi connectivity index (χ3v) is 4.15. The molecule has 11 heteroatoms. The predicted molar refractivity (Wildman–Crippen MR) is 103 cm³/mol. The molecule has 2 aromatic carbocycles. The molecule has 2 aromatic heterocycles. The van der Waals surface area contributed by atoms with Gasteiger partial charge < -0.3 is 15.0 Å². The van der Waals surface area contributed by atoms with E-state index in [9.17, 15) is 18.0 Å². The van der Waals surface area contributed by atoms with Crippen LogP contribution in [-0.2, 0) is 6.18 Å². The van der Waals surface area contributed by atoms with E-state index in [0.29, 0.717) is 22.6 Å². The fraction of sp³-hybridized carbons (Fsp3) is 0.0526. The van der Waals surface area contributed by atoms with Crippen molar-refractivity contribution in [3.63, 3.8) is 0 Å². The van der Waals surface area contributed by atoms with Gasteiger partial charge in [-0.05, 0) is 41.9 Å². The summed E-state index contributed by atoms with van der Waals surface area (Å²) in [6.45, 7) is 0. The van der Waals surface area contributed by atoms with E-state index >= 15 is 0 Å². The summed E-state index contributed by atoms with van der Waals surface area (Å²) in [5.74, 6) is -0.259. The van der Waals surface area contributed by atoms with Crippen LogP contribution >= 0.6 is 11.6 Å². The van der Waals surface area contributed by atoms with E-state index in [2.05, 4.69) is 25.3 Å². The number of rotatable bonds is 4. The zero-order chi connectivity index (χ0) is 21.3. The fourth-order valence-corrected chi connectivity index (χ4v) is 2.80. The van der Waals surface area contributed by atoms with Crippen molar-refractivity contribution in [3.05, 3.63) is 71.3 Å². The number of hydrogen-bond acceptors (Lipinski definition) is 5.